The summed E-state index contributed by atoms with van der Waals surface area (Å²) in [6, 6.07) is 7.93. The van der Waals surface area contributed by atoms with E-state index in [0.29, 0.717) is 19.7 Å². The molecular formula is C18H24N4OS. The van der Waals surface area contributed by atoms with E-state index in [1.807, 2.05) is 37.4 Å². The van der Waals surface area contributed by atoms with Crippen LogP contribution in [0.5, 0.6) is 5.75 Å². The van der Waals surface area contributed by atoms with Crippen molar-refractivity contribution in [3.05, 3.63) is 58.6 Å². The first-order chi connectivity index (χ1) is 11.7. The SMILES string of the molecule is C=CCOc1ccccc1CN=C(NCC)NCc1cnc(C)s1. The summed E-state index contributed by atoms with van der Waals surface area (Å²) >= 11 is 1.69. The first kappa shape index (κ1) is 18.0. The molecule has 1 aromatic carbocycles. The van der Waals surface area contributed by atoms with Crippen LogP contribution in [0.2, 0.25) is 0 Å². The third kappa shape index (κ3) is 5.70. The van der Waals surface area contributed by atoms with Gasteiger partial charge in [0, 0.05) is 23.2 Å². The van der Waals surface area contributed by atoms with Gasteiger partial charge in [-0.05, 0) is 19.9 Å². The van der Waals surface area contributed by atoms with Gasteiger partial charge in [-0.3, -0.25) is 0 Å². The monoisotopic (exact) mass is 344 g/mol. The van der Waals surface area contributed by atoms with Crippen LogP contribution in [-0.2, 0) is 13.1 Å². The quantitative estimate of drug-likeness (QED) is 0.438. The highest BCUT2D eigenvalue weighted by Crippen LogP contribution is 2.18. The number of rotatable bonds is 8. The molecule has 2 rings (SSSR count). The second-order valence-corrected chi connectivity index (χ2v) is 6.42. The minimum atomic E-state index is 0.490. The molecule has 1 heterocycles. The Balaban J connectivity index is 2.01. The standard InChI is InChI=1S/C18H24N4OS/c1-4-10-23-17-9-7-6-8-15(17)11-21-18(19-5-2)22-13-16-12-20-14(3)24-16/h4,6-9,12H,1,5,10-11,13H2,2-3H3,(H2,19,21,22). The average molecular weight is 344 g/mol. The average Bonchev–Trinajstić information content (AvgIpc) is 3.01. The van der Waals surface area contributed by atoms with Gasteiger partial charge in [-0.1, -0.05) is 30.9 Å². The molecule has 0 atom stereocenters. The number of guanidine groups is 1. The predicted molar refractivity (Wildman–Crippen MR) is 101 cm³/mol. The smallest absolute Gasteiger partial charge is 0.191 e. The third-order valence-corrected chi connectivity index (χ3v) is 4.09. The maximum Gasteiger partial charge on any atom is 0.191 e. The number of benzene rings is 1. The number of thiazole rings is 1. The van der Waals surface area contributed by atoms with Crippen LogP contribution in [-0.4, -0.2) is 24.1 Å². The number of para-hydroxylation sites is 1. The lowest BCUT2D eigenvalue weighted by Gasteiger charge is -2.12. The number of hydrogen-bond acceptors (Lipinski definition) is 4. The summed E-state index contributed by atoms with van der Waals surface area (Å²) in [6.45, 7) is 10.3. The largest absolute Gasteiger partial charge is 0.489 e. The van der Waals surface area contributed by atoms with Crippen LogP contribution in [0.15, 0.2) is 48.1 Å². The molecule has 2 N–H and O–H groups in total. The Bertz CT molecular complexity index is 681. The summed E-state index contributed by atoms with van der Waals surface area (Å²) in [7, 11) is 0. The van der Waals surface area contributed by atoms with Gasteiger partial charge in [-0.15, -0.1) is 11.3 Å². The van der Waals surface area contributed by atoms with Gasteiger partial charge in [0.05, 0.1) is 18.1 Å². The first-order valence-electron chi connectivity index (χ1n) is 7.98. The van der Waals surface area contributed by atoms with Gasteiger partial charge in [-0.2, -0.15) is 0 Å². The van der Waals surface area contributed by atoms with Gasteiger partial charge in [0.25, 0.3) is 0 Å². The summed E-state index contributed by atoms with van der Waals surface area (Å²) in [5.41, 5.74) is 1.05. The second kappa shape index (κ2) is 9.72. The Morgan fingerprint density at radius 1 is 1.38 bits per heavy atom. The molecule has 0 aliphatic heterocycles. The van der Waals surface area contributed by atoms with Crippen LogP contribution in [0, 0.1) is 6.92 Å². The third-order valence-electron chi connectivity index (χ3n) is 3.18. The van der Waals surface area contributed by atoms with E-state index in [4.69, 9.17) is 4.74 Å². The molecule has 24 heavy (non-hydrogen) atoms. The molecule has 0 aliphatic rings. The van der Waals surface area contributed by atoms with Crippen LogP contribution in [0.4, 0.5) is 0 Å². The van der Waals surface area contributed by atoms with Gasteiger partial charge >= 0.3 is 0 Å². The second-order valence-electron chi connectivity index (χ2n) is 5.10. The van der Waals surface area contributed by atoms with Gasteiger partial charge in [0.1, 0.15) is 12.4 Å². The van der Waals surface area contributed by atoms with E-state index in [1.54, 1.807) is 17.4 Å². The van der Waals surface area contributed by atoms with Crippen molar-refractivity contribution < 1.29 is 4.74 Å². The van der Waals surface area contributed by atoms with Gasteiger partial charge < -0.3 is 15.4 Å². The van der Waals surface area contributed by atoms with Crippen LogP contribution < -0.4 is 15.4 Å². The Morgan fingerprint density at radius 2 is 2.21 bits per heavy atom. The van der Waals surface area contributed by atoms with Crippen molar-refractivity contribution in [2.75, 3.05) is 13.2 Å². The molecule has 2 aromatic rings. The lowest BCUT2D eigenvalue weighted by molar-refractivity contribution is 0.359. The minimum Gasteiger partial charge on any atom is -0.489 e. The summed E-state index contributed by atoms with van der Waals surface area (Å²) in [6.07, 6.45) is 3.64. The highest BCUT2D eigenvalue weighted by molar-refractivity contribution is 7.11. The van der Waals surface area contributed by atoms with E-state index < -0.39 is 0 Å². The van der Waals surface area contributed by atoms with Crippen molar-refractivity contribution >= 4 is 17.3 Å². The minimum absolute atomic E-state index is 0.490. The summed E-state index contributed by atoms with van der Waals surface area (Å²) in [5.74, 6) is 1.62. The summed E-state index contributed by atoms with van der Waals surface area (Å²) < 4.78 is 5.68. The van der Waals surface area contributed by atoms with Gasteiger partial charge in [-0.25, -0.2) is 9.98 Å². The van der Waals surface area contributed by atoms with E-state index in [2.05, 4.69) is 34.1 Å². The van der Waals surface area contributed by atoms with Crippen molar-refractivity contribution in [2.24, 2.45) is 4.99 Å². The molecule has 1 aromatic heterocycles. The van der Waals surface area contributed by atoms with Crippen LogP contribution >= 0.6 is 11.3 Å². The van der Waals surface area contributed by atoms with E-state index in [0.717, 1.165) is 28.8 Å². The molecule has 0 amide bonds. The molecule has 0 bridgehead atoms. The lowest BCUT2D eigenvalue weighted by Crippen LogP contribution is -2.36. The van der Waals surface area contributed by atoms with E-state index in [9.17, 15) is 0 Å². The zero-order valence-corrected chi connectivity index (χ0v) is 15.0. The van der Waals surface area contributed by atoms with Crippen molar-refractivity contribution in [3.63, 3.8) is 0 Å². The summed E-state index contributed by atoms with van der Waals surface area (Å²) in [4.78, 5) is 10.1. The van der Waals surface area contributed by atoms with E-state index in [1.165, 1.54) is 4.88 Å². The zero-order valence-electron chi connectivity index (χ0n) is 14.2. The molecule has 5 nitrogen and oxygen atoms in total. The van der Waals surface area contributed by atoms with Gasteiger partial charge in [0.15, 0.2) is 5.96 Å². The summed E-state index contributed by atoms with van der Waals surface area (Å²) in [5, 5.41) is 7.67. The molecule has 0 fully saturated rings. The predicted octanol–water partition coefficient (Wildman–Crippen LogP) is 3.27. The number of aryl methyl sites for hydroxylation is 1. The molecule has 128 valence electrons. The molecule has 0 saturated carbocycles. The molecular weight excluding hydrogens is 320 g/mol. The molecule has 0 radical (unpaired) electrons. The number of nitrogens with one attached hydrogen (secondary N) is 2. The van der Waals surface area contributed by atoms with Crippen LogP contribution in [0.3, 0.4) is 0 Å². The fourth-order valence-corrected chi connectivity index (χ4v) is 2.82. The van der Waals surface area contributed by atoms with E-state index in [-0.39, 0.29) is 0 Å². The topological polar surface area (TPSA) is 58.5 Å². The maximum absolute atomic E-state index is 5.68. The maximum atomic E-state index is 5.68. The molecule has 0 spiro atoms. The van der Waals surface area contributed by atoms with Crippen molar-refractivity contribution in [2.45, 2.75) is 26.9 Å². The van der Waals surface area contributed by atoms with Crippen molar-refractivity contribution in [3.8, 4) is 5.75 Å². The van der Waals surface area contributed by atoms with Crippen molar-refractivity contribution in [1.82, 2.24) is 15.6 Å². The van der Waals surface area contributed by atoms with Crippen molar-refractivity contribution in [1.29, 1.82) is 0 Å². The Morgan fingerprint density at radius 3 is 2.92 bits per heavy atom. The van der Waals surface area contributed by atoms with Crippen LogP contribution in [0.1, 0.15) is 22.4 Å². The van der Waals surface area contributed by atoms with Gasteiger partial charge in [0.2, 0.25) is 0 Å². The Kier molecular flexibility index (Phi) is 7.29. The highest BCUT2D eigenvalue weighted by atomic mass is 32.1. The lowest BCUT2D eigenvalue weighted by atomic mass is 10.2. The Labute approximate surface area is 147 Å². The first-order valence-corrected chi connectivity index (χ1v) is 8.79. The number of aliphatic imine (C=N–C) groups is 1. The fourth-order valence-electron chi connectivity index (χ4n) is 2.09. The number of ether oxygens (including phenoxy) is 1. The number of nitrogens with zero attached hydrogens (tertiary/aromatic N) is 2. The molecule has 0 unspecified atom stereocenters. The van der Waals surface area contributed by atoms with Crippen LogP contribution in [0.25, 0.3) is 0 Å². The molecule has 6 heteroatoms. The normalized spacial score (nSPS) is 11.2. The fraction of sp³-hybridized carbons (Fsp3) is 0.333. The van der Waals surface area contributed by atoms with E-state index >= 15 is 0 Å². The molecule has 0 aliphatic carbocycles. The number of hydrogen-bond donors (Lipinski definition) is 2. The Hall–Kier alpha value is -2.34. The zero-order chi connectivity index (χ0) is 17.2. The molecule has 0 saturated heterocycles. The number of aromatic nitrogens is 1. The highest BCUT2D eigenvalue weighted by Gasteiger charge is 2.04.